The Morgan fingerprint density at radius 3 is 2.00 bits per heavy atom. The maximum atomic E-state index is 6.34. The van der Waals surface area contributed by atoms with Gasteiger partial charge in [-0.15, -0.1) is 0 Å². The molecule has 0 saturated carbocycles. The summed E-state index contributed by atoms with van der Waals surface area (Å²) in [4.78, 5) is 0. The first kappa shape index (κ1) is 15.0. The van der Waals surface area contributed by atoms with Crippen molar-refractivity contribution in [2.45, 2.75) is 38.3 Å². The highest BCUT2D eigenvalue weighted by Gasteiger charge is 2.18. The van der Waals surface area contributed by atoms with Gasteiger partial charge in [0.25, 0.3) is 0 Å². The van der Waals surface area contributed by atoms with E-state index >= 15 is 0 Å². The molecule has 0 aliphatic heterocycles. The van der Waals surface area contributed by atoms with Crippen LogP contribution in [0.4, 0.5) is 0 Å². The van der Waals surface area contributed by atoms with Gasteiger partial charge in [-0.25, -0.2) is 0 Å². The molecule has 0 heterocycles. The minimum atomic E-state index is -0.557. The first-order valence-electron chi connectivity index (χ1n) is 7.25. The highest BCUT2D eigenvalue weighted by molar-refractivity contribution is 6.31. The van der Waals surface area contributed by atoms with Crippen LogP contribution in [0.15, 0.2) is 60.7 Å². The molecule has 0 N–H and O–H groups in total. The topological polar surface area (TPSA) is 9.23 Å². The van der Waals surface area contributed by atoms with Gasteiger partial charge >= 0.3 is 0 Å². The minimum absolute atomic E-state index is 0.185. The third-order valence-electron chi connectivity index (χ3n) is 3.15. The van der Waals surface area contributed by atoms with Gasteiger partial charge in [0.1, 0.15) is 0 Å². The van der Waals surface area contributed by atoms with Crippen molar-refractivity contribution in [3.8, 4) is 0 Å². The Bertz CT molecular complexity index is 502. The van der Waals surface area contributed by atoms with Crippen LogP contribution in [0, 0.1) is 0 Å². The van der Waals surface area contributed by atoms with Crippen molar-refractivity contribution >= 4 is 9.76 Å². The van der Waals surface area contributed by atoms with Crippen LogP contribution in [0.25, 0.3) is 0 Å². The molecule has 106 valence electrons. The average molecular weight is 284 g/mol. The van der Waals surface area contributed by atoms with Crippen LogP contribution in [0.3, 0.4) is 0 Å². The van der Waals surface area contributed by atoms with Crippen molar-refractivity contribution in [1.29, 1.82) is 0 Å². The molecule has 0 aliphatic carbocycles. The summed E-state index contributed by atoms with van der Waals surface area (Å²) < 4.78 is 6.34. The summed E-state index contributed by atoms with van der Waals surface area (Å²) in [6, 6.07) is 21.2. The van der Waals surface area contributed by atoms with E-state index < -0.39 is 9.76 Å². The van der Waals surface area contributed by atoms with Crippen molar-refractivity contribution in [1.82, 2.24) is 0 Å². The van der Waals surface area contributed by atoms with Crippen LogP contribution in [-0.2, 0) is 10.8 Å². The minimum Gasteiger partial charge on any atom is -0.416 e. The molecule has 2 aromatic carbocycles. The highest BCUT2D eigenvalue weighted by Crippen LogP contribution is 2.27. The van der Waals surface area contributed by atoms with E-state index in [1.54, 1.807) is 0 Å². The normalized spacial score (nSPS) is 13.8. The molecular weight excluding hydrogens is 260 g/mol. The predicted octanol–water partition coefficient (Wildman–Crippen LogP) is 4.29. The molecule has 2 aromatic rings. The monoisotopic (exact) mass is 284 g/mol. The fraction of sp³-hybridized carbons (Fsp3) is 0.333. The Morgan fingerprint density at radius 1 is 0.900 bits per heavy atom. The van der Waals surface area contributed by atoms with Crippen molar-refractivity contribution in [3.63, 3.8) is 0 Å². The largest absolute Gasteiger partial charge is 0.416 e. The van der Waals surface area contributed by atoms with Crippen LogP contribution in [-0.4, -0.2) is 9.76 Å². The first-order chi connectivity index (χ1) is 9.54. The summed E-state index contributed by atoms with van der Waals surface area (Å²) in [6.07, 6.45) is 1.14. The lowest BCUT2D eigenvalue weighted by Crippen LogP contribution is -2.18. The van der Waals surface area contributed by atoms with Gasteiger partial charge in [0, 0.05) is 6.42 Å². The van der Waals surface area contributed by atoms with E-state index in [0.717, 1.165) is 6.42 Å². The van der Waals surface area contributed by atoms with Crippen LogP contribution in [0.2, 0.25) is 5.04 Å². The molecule has 1 unspecified atom stereocenters. The van der Waals surface area contributed by atoms with Crippen LogP contribution < -0.4 is 0 Å². The average Bonchev–Trinajstić information content (AvgIpc) is 2.44. The van der Waals surface area contributed by atoms with Crippen molar-refractivity contribution < 1.29 is 4.43 Å². The molecule has 0 aliphatic rings. The van der Waals surface area contributed by atoms with Gasteiger partial charge in [0.2, 0.25) is 0 Å². The highest BCUT2D eigenvalue weighted by atomic mass is 28.2. The Morgan fingerprint density at radius 2 is 1.45 bits per heavy atom. The molecule has 0 radical (unpaired) electrons. The van der Waals surface area contributed by atoms with Gasteiger partial charge in [0.15, 0.2) is 9.76 Å². The fourth-order valence-corrected chi connectivity index (χ4v) is 3.13. The lowest BCUT2D eigenvalue weighted by atomic mass is 10.0. The SMILES string of the molecule is CC(C)(C)[SiH2]OC(Cc1ccccc1)c1ccccc1. The molecule has 0 fully saturated rings. The van der Waals surface area contributed by atoms with Gasteiger partial charge in [-0.2, -0.15) is 0 Å². The van der Waals surface area contributed by atoms with Gasteiger partial charge in [-0.05, 0) is 16.2 Å². The molecule has 0 aromatic heterocycles. The summed E-state index contributed by atoms with van der Waals surface area (Å²) in [5.74, 6) is 0. The molecule has 20 heavy (non-hydrogen) atoms. The predicted molar refractivity (Wildman–Crippen MR) is 88.7 cm³/mol. The first-order valence-corrected chi connectivity index (χ1v) is 8.53. The van der Waals surface area contributed by atoms with Gasteiger partial charge < -0.3 is 4.43 Å². The third kappa shape index (κ3) is 4.95. The third-order valence-corrected chi connectivity index (χ3v) is 4.59. The zero-order chi connectivity index (χ0) is 14.4. The van der Waals surface area contributed by atoms with Gasteiger partial charge in [-0.3, -0.25) is 0 Å². The van der Waals surface area contributed by atoms with E-state index in [0.29, 0.717) is 5.04 Å². The second-order valence-electron chi connectivity index (χ2n) is 6.46. The quantitative estimate of drug-likeness (QED) is 0.744. The zero-order valence-electron chi connectivity index (χ0n) is 12.7. The Kier molecular flexibility index (Phi) is 5.15. The van der Waals surface area contributed by atoms with Crippen molar-refractivity contribution in [3.05, 3.63) is 71.8 Å². The number of hydrogen-bond acceptors (Lipinski definition) is 1. The van der Waals surface area contributed by atoms with Crippen LogP contribution >= 0.6 is 0 Å². The molecule has 0 amide bonds. The van der Waals surface area contributed by atoms with E-state index in [1.807, 2.05) is 0 Å². The molecule has 1 atom stereocenters. The summed E-state index contributed by atoms with van der Waals surface area (Å²) in [5.41, 5.74) is 2.62. The second-order valence-corrected chi connectivity index (χ2v) is 9.20. The summed E-state index contributed by atoms with van der Waals surface area (Å²) >= 11 is 0. The fourth-order valence-electron chi connectivity index (χ4n) is 2.12. The van der Waals surface area contributed by atoms with E-state index in [4.69, 9.17) is 4.43 Å². The molecule has 2 heteroatoms. The lowest BCUT2D eigenvalue weighted by molar-refractivity contribution is 0.208. The standard InChI is InChI=1S/C18H24OSi/c1-18(2,3)20-19-17(16-12-8-5-9-13-16)14-15-10-6-4-7-11-15/h4-13,17H,14,20H2,1-3H3. The molecule has 0 saturated heterocycles. The second kappa shape index (κ2) is 6.87. The molecule has 1 nitrogen and oxygen atoms in total. The molecule has 0 bridgehead atoms. The maximum absolute atomic E-state index is 6.34. The molecular formula is C18H24OSi. The lowest BCUT2D eigenvalue weighted by Gasteiger charge is -2.24. The summed E-state index contributed by atoms with van der Waals surface area (Å²) in [5, 5.41) is 0.323. The maximum Gasteiger partial charge on any atom is 0.167 e. The van der Waals surface area contributed by atoms with E-state index in [9.17, 15) is 0 Å². The number of hydrogen-bond donors (Lipinski definition) is 0. The van der Waals surface area contributed by atoms with Crippen molar-refractivity contribution in [2.24, 2.45) is 0 Å². The van der Waals surface area contributed by atoms with Crippen molar-refractivity contribution in [2.75, 3.05) is 0 Å². The molecule has 2 rings (SSSR count). The Hall–Kier alpha value is -1.38. The van der Waals surface area contributed by atoms with E-state index in [-0.39, 0.29) is 6.10 Å². The summed E-state index contributed by atoms with van der Waals surface area (Å²) in [6.45, 7) is 6.80. The Labute approximate surface area is 124 Å². The zero-order valence-corrected chi connectivity index (χ0v) is 14.1. The van der Waals surface area contributed by atoms with E-state index in [1.165, 1.54) is 11.1 Å². The van der Waals surface area contributed by atoms with Gasteiger partial charge in [-0.1, -0.05) is 81.4 Å². The summed E-state index contributed by atoms with van der Waals surface area (Å²) in [7, 11) is -0.557. The van der Waals surface area contributed by atoms with Crippen LogP contribution in [0.5, 0.6) is 0 Å². The number of benzene rings is 2. The van der Waals surface area contributed by atoms with E-state index in [2.05, 4.69) is 81.4 Å². The van der Waals surface area contributed by atoms with Crippen LogP contribution in [0.1, 0.15) is 38.0 Å². The number of rotatable bonds is 5. The smallest absolute Gasteiger partial charge is 0.167 e. The Balaban J connectivity index is 2.12. The molecule has 0 spiro atoms. The van der Waals surface area contributed by atoms with Gasteiger partial charge in [0.05, 0.1) is 6.10 Å².